The Balaban J connectivity index is 1.98. The van der Waals surface area contributed by atoms with E-state index in [0.29, 0.717) is 16.9 Å². The Kier molecular flexibility index (Phi) is 5.18. The van der Waals surface area contributed by atoms with E-state index in [9.17, 15) is 0 Å². The molecule has 1 N–H and O–H groups in total. The van der Waals surface area contributed by atoms with Gasteiger partial charge in [-0.05, 0) is 55.9 Å². The van der Waals surface area contributed by atoms with Crippen LogP contribution >= 0.6 is 0 Å². The van der Waals surface area contributed by atoms with E-state index in [1.54, 1.807) is 0 Å². The van der Waals surface area contributed by atoms with E-state index in [4.69, 9.17) is 4.74 Å². The molecule has 0 spiro atoms. The van der Waals surface area contributed by atoms with Gasteiger partial charge in [0.05, 0.1) is 6.10 Å². The summed E-state index contributed by atoms with van der Waals surface area (Å²) in [5.74, 6) is 1.59. The molecule has 0 aromatic rings. The van der Waals surface area contributed by atoms with Crippen molar-refractivity contribution >= 4 is 0 Å². The molecule has 1 saturated carbocycles. The van der Waals surface area contributed by atoms with Gasteiger partial charge >= 0.3 is 0 Å². The normalized spacial score (nSPS) is 31.2. The van der Waals surface area contributed by atoms with Crippen molar-refractivity contribution in [3.8, 4) is 0 Å². The van der Waals surface area contributed by atoms with E-state index < -0.39 is 0 Å². The van der Waals surface area contributed by atoms with Gasteiger partial charge in [-0.15, -0.1) is 0 Å². The summed E-state index contributed by atoms with van der Waals surface area (Å²) in [6.45, 7) is 14.9. The molecule has 1 saturated heterocycles. The smallest absolute Gasteiger partial charge is 0.0672 e. The van der Waals surface area contributed by atoms with Crippen LogP contribution in [0.5, 0.6) is 0 Å². The van der Waals surface area contributed by atoms with Crippen molar-refractivity contribution < 1.29 is 4.74 Å². The Morgan fingerprint density at radius 2 is 1.95 bits per heavy atom. The molecular formula is C18H35NO. The Morgan fingerprint density at radius 1 is 1.25 bits per heavy atom. The topological polar surface area (TPSA) is 21.3 Å². The Morgan fingerprint density at radius 3 is 2.50 bits per heavy atom. The van der Waals surface area contributed by atoms with Crippen molar-refractivity contribution in [3.63, 3.8) is 0 Å². The highest BCUT2D eigenvalue weighted by atomic mass is 16.5. The standard InChI is InChI=1S/C18H35NO/c1-14(2)12-19-13-18(9-8-17(3,4)5)10-11-20-16(18)15-6-7-15/h14-16,19H,6-13H2,1-5H3. The maximum Gasteiger partial charge on any atom is 0.0672 e. The first-order chi connectivity index (χ1) is 9.32. The molecule has 1 aliphatic heterocycles. The molecule has 118 valence electrons. The van der Waals surface area contributed by atoms with Gasteiger partial charge in [-0.25, -0.2) is 0 Å². The van der Waals surface area contributed by atoms with E-state index in [-0.39, 0.29) is 0 Å². The van der Waals surface area contributed by atoms with Crippen LogP contribution in [0.15, 0.2) is 0 Å². The van der Waals surface area contributed by atoms with Gasteiger partial charge in [0.25, 0.3) is 0 Å². The minimum absolute atomic E-state index is 0.406. The highest BCUT2D eigenvalue weighted by molar-refractivity contribution is 5.01. The molecule has 2 aliphatic rings. The quantitative estimate of drug-likeness (QED) is 0.753. The molecule has 2 rings (SSSR count). The minimum Gasteiger partial charge on any atom is -0.377 e. The first kappa shape index (κ1) is 16.3. The molecule has 0 bridgehead atoms. The predicted octanol–water partition coefficient (Wildman–Crippen LogP) is 4.24. The highest BCUT2D eigenvalue weighted by Gasteiger charge is 2.50. The Labute approximate surface area is 126 Å². The fourth-order valence-corrected chi connectivity index (χ4v) is 3.52. The van der Waals surface area contributed by atoms with Gasteiger partial charge in [0, 0.05) is 18.6 Å². The minimum atomic E-state index is 0.406. The number of nitrogens with one attached hydrogen (secondary N) is 1. The average molecular weight is 281 g/mol. The largest absolute Gasteiger partial charge is 0.377 e. The second-order valence-corrected chi connectivity index (χ2v) is 8.83. The molecule has 0 aromatic heterocycles. The van der Waals surface area contributed by atoms with Crippen LogP contribution in [0.4, 0.5) is 0 Å². The molecule has 1 aliphatic carbocycles. The number of ether oxygens (including phenoxy) is 1. The summed E-state index contributed by atoms with van der Waals surface area (Å²) in [5.41, 5.74) is 0.838. The van der Waals surface area contributed by atoms with E-state index in [1.165, 1.54) is 32.1 Å². The summed E-state index contributed by atoms with van der Waals surface area (Å²) >= 11 is 0. The van der Waals surface area contributed by atoms with Crippen molar-refractivity contribution in [1.29, 1.82) is 0 Å². The third kappa shape index (κ3) is 4.46. The van der Waals surface area contributed by atoms with Crippen LogP contribution in [0.25, 0.3) is 0 Å². The van der Waals surface area contributed by atoms with Gasteiger partial charge in [-0.1, -0.05) is 34.6 Å². The highest BCUT2D eigenvalue weighted by Crippen LogP contribution is 2.50. The van der Waals surface area contributed by atoms with Crippen molar-refractivity contribution in [3.05, 3.63) is 0 Å². The number of rotatable bonds is 7. The summed E-state index contributed by atoms with van der Waals surface area (Å²) < 4.78 is 6.18. The predicted molar refractivity (Wildman–Crippen MR) is 85.9 cm³/mol. The fraction of sp³-hybridized carbons (Fsp3) is 1.00. The zero-order chi connectivity index (χ0) is 14.8. The van der Waals surface area contributed by atoms with Gasteiger partial charge < -0.3 is 10.1 Å². The molecule has 2 heteroatoms. The van der Waals surface area contributed by atoms with Crippen LogP contribution in [-0.4, -0.2) is 25.8 Å². The zero-order valence-corrected chi connectivity index (χ0v) is 14.3. The van der Waals surface area contributed by atoms with Gasteiger partial charge in [0.1, 0.15) is 0 Å². The van der Waals surface area contributed by atoms with Crippen LogP contribution < -0.4 is 5.32 Å². The number of hydrogen-bond donors (Lipinski definition) is 1. The second kappa shape index (κ2) is 6.36. The summed E-state index contributed by atoms with van der Waals surface area (Å²) in [6.07, 6.45) is 7.21. The second-order valence-electron chi connectivity index (χ2n) is 8.83. The summed E-state index contributed by atoms with van der Waals surface area (Å²) in [4.78, 5) is 0. The third-order valence-electron chi connectivity index (χ3n) is 4.95. The van der Waals surface area contributed by atoms with E-state index in [2.05, 4.69) is 39.9 Å². The van der Waals surface area contributed by atoms with Crippen molar-refractivity contribution in [2.45, 2.75) is 72.8 Å². The van der Waals surface area contributed by atoms with Crippen LogP contribution in [-0.2, 0) is 4.74 Å². The lowest BCUT2D eigenvalue weighted by atomic mass is 9.71. The number of hydrogen-bond acceptors (Lipinski definition) is 2. The SMILES string of the molecule is CC(C)CNCC1(CCC(C)(C)C)CCOC1C1CC1. The maximum atomic E-state index is 6.18. The first-order valence-corrected chi connectivity index (χ1v) is 8.65. The molecule has 2 fully saturated rings. The molecule has 20 heavy (non-hydrogen) atoms. The molecule has 0 radical (unpaired) electrons. The summed E-state index contributed by atoms with van der Waals surface area (Å²) in [7, 11) is 0. The fourth-order valence-electron chi connectivity index (χ4n) is 3.52. The molecule has 2 unspecified atom stereocenters. The molecule has 2 nitrogen and oxygen atoms in total. The van der Waals surface area contributed by atoms with Crippen molar-refractivity contribution in [2.75, 3.05) is 19.7 Å². The van der Waals surface area contributed by atoms with Crippen LogP contribution in [0.3, 0.4) is 0 Å². The van der Waals surface area contributed by atoms with Crippen molar-refractivity contribution in [1.82, 2.24) is 5.32 Å². The van der Waals surface area contributed by atoms with Gasteiger partial charge in [-0.3, -0.25) is 0 Å². The summed E-state index contributed by atoms with van der Waals surface area (Å²) in [6, 6.07) is 0. The van der Waals surface area contributed by atoms with E-state index in [0.717, 1.165) is 31.5 Å². The molecule has 1 heterocycles. The lowest BCUT2D eigenvalue weighted by Crippen LogP contribution is -2.43. The van der Waals surface area contributed by atoms with Crippen LogP contribution in [0, 0.1) is 22.7 Å². The Hall–Kier alpha value is -0.0800. The zero-order valence-electron chi connectivity index (χ0n) is 14.3. The van der Waals surface area contributed by atoms with Crippen molar-refractivity contribution in [2.24, 2.45) is 22.7 Å². The van der Waals surface area contributed by atoms with Gasteiger partial charge in [0.2, 0.25) is 0 Å². The maximum absolute atomic E-state index is 6.18. The first-order valence-electron chi connectivity index (χ1n) is 8.65. The molecule has 2 atom stereocenters. The molecule has 0 aromatic carbocycles. The summed E-state index contributed by atoms with van der Waals surface area (Å²) in [5, 5.41) is 3.74. The molecule has 0 amide bonds. The Bertz CT molecular complexity index is 303. The van der Waals surface area contributed by atoms with E-state index in [1.807, 2.05) is 0 Å². The van der Waals surface area contributed by atoms with Crippen LogP contribution in [0.2, 0.25) is 0 Å². The van der Waals surface area contributed by atoms with Gasteiger partial charge in [0.15, 0.2) is 0 Å². The lowest BCUT2D eigenvalue weighted by Gasteiger charge is -2.37. The van der Waals surface area contributed by atoms with Crippen LogP contribution in [0.1, 0.15) is 66.7 Å². The van der Waals surface area contributed by atoms with E-state index >= 15 is 0 Å². The van der Waals surface area contributed by atoms with Gasteiger partial charge in [-0.2, -0.15) is 0 Å². The average Bonchev–Trinajstić information content (AvgIpc) is 3.08. The third-order valence-corrected chi connectivity index (χ3v) is 4.95. The monoisotopic (exact) mass is 281 g/mol. The lowest BCUT2D eigenvalue weighted by molar-refractivity contribution is 0.0212. The molecular weight excluding hydrogens is 246 g/mol.